The van der Waals surface area contributed by atoms with Gasteiger partial charge in [-0.25, -0.2) is 4.98 Å². The summed E-state index contributed by atoms with van der Waals surface area (Å²) in [6.45, 7) is 4.59. The fourth-order valence-electron chi connectivity index (χ4n) is 2.53. The monoisotopic (exact) mass is 319 g/mol. The maximum absolute atomic E-state index is 12.3. The normalized spacial score (nSPS) is 17.9. The molecule has 1 N–H and O–H groups in total. The van der Waals surface area contributed by atoms with E-state index < -0.39 is 0 Å². The first-order chi connectivity index (χ1) is 8.70. The second kappa shape index (κ2) is 9.16. The Balaban J connectivity index is 0.00000180. The minimum atomic E-state index is 0. The molecular formula is C14H23Cl2N3O. The van der Waals surface area contributed by atoms with Crippen molar-refractivity contribution in [3.05, 3.63) is 29.6 Å². The molecule has 20 heavy (non-hydrogen) atoms. The van der Waals surface area contributed by atoms with Gasteiger partial charge in [-0.3, -0.25) is 4.79 Å². The van der Waals surface area contributed by atoms with Gasteiger partial charge < -0.3 is 10.2 Å². The van der Waals surface area contributed by atoms with Crippen LogP contribution in [0.1, 0.15) is 29.0 Å². The smallest absolute Gasteiger partial charge is 0.272 e. The number of aryl methyl sites for hydroxylation is 1. The summed E-state index contributed by atoms with van der Waals surface area (Å²) in [6, 6.07) is 5.61. The second-order valence-corrected chi connectivity index (χ2v) is 4.98. The Morgan fingerprint density at radius 2 is 2.20 bits per heavy atom. The summed E-state index contributed by atoms with van der Waals surface area (Å²) >= 11 is 0. The quantitative estimate of drug-likeness (QED) is 0.929. The largest absolute Gasteiger partial charge is 0.337 e. The molecule has 0 saturated carbocycles. The number of aromatic nitrogens is 1. The fourth-order valence-corrected chi connectivity index (χ4v) is 2.53. The third-order valence-corrected chi connectivity index (χ3v) is 3.41. The number of carbonyl (C=O) groups is 1. The summed E-state index contributed by atoms with van der Waals surface area (Å²) in [5.41, 5.74) is 1.46. The molecule has 1 fully saturated rings. The van der Waals surface area contributed by atoms with Gasteiger partial charge in [0.2, 0.25) is 0 Å². The number of rotatable bonds is 3. The molecule has 1 aromatic rings. The molecule has 2 rings (SSSR count). The number of nitrogens with zero attached hydrogens (tertiary/aromatic N) is 2. The van der Waals surface area contributed by atoms with Crippen LogP contribution in [0.4, 0.5) is 0 Å². The van der Waals surface area contributed by atoms with Crippen LogP contribution < -0.4 is 5.32 Å². The van der Waals surface area contributed by atoms with Crippen molar-refractivity contribution in [1.82, 2.24) is 15.2 Å². The highest BCUT2D eigenvalue weighted by Gasteiger charge is 2.24. The van der Waals surface area contributed by atoms with Gasteiger partial charge in [-0.1, -0.05) is 6.07 Å². The van der Waals surface area contributed by atoms with Gasteiger partial charge in [0.25, 0.3) is 5.91 Å². The molecule has 1 saturated heterocycles. The Bertz CT molecular complexity index is 427. The summed E-state index contributed by atoms with van der Waals surface area (Å²) in [4.78, 5) is 18.6. The van der Waals surface area contributed by atoms with Crippen molar-refractivity contribution in [2.45, 2.75) is 19.8 Å². The van der Waals surface area contributed by atoms with E-state index in [1.165, 1.54) is 6.42 Å². The van der Waals surface area contributed by atoms with Crippen LogP contribution in [0.25, 0.3) is 0 Å². The summed E-state index contributed by atoms with van der Waals surface area (Å²) < 4.78 is 0. The Morgan fingerprint density at radius 1 is 1.45 bits per heavy atom. The van der Waals surface area contributed by atoms with Gasteiger partial charge >= 0.3 is 0 Å². The molecule has 0 spiro atoms. The lowest BCUT2D eigenvalue weighted by molar-refractivity contribution is 0.0668. The first-order valence-electron chi connectivity index (χ1n) is 6.58. The van der Waals surface area contributed by atoms with E-state index in [0.29, 0.717) is 11.6 Å². The van der Waals surface area contributed by atoms with E-state index in [-0.39, 0.29) is 30.7 Å². The van der Waals surface area contributed by atoms with E-state index in [2.05, 4.69) is 10.3 Å². The van der Waals surface area contributed by atoms with Crippen molar-refractivity contribution >= 4 is 30.7 Å². The van der Waals surface area contributed by atoms with Crippen LogP contribution in [-0.4, -0.2) is 42.5 Å². The van der Waals surface area contributed by atoms with Crippen LogP contribution in [0.2, 0.25) is 0 Å². The van der Waals surface area contributed by atoms with E-state index in [9.17, 15) is 4.79 Å². The average Bonchev–Trinajstić information content (AvgIpc) is 2.39. The highest BCUT2D eigenvalue weighted by Crippen LogP contribution is 2.17. The summed E-state index contributed by atoms with van der Waals surface area (Å²) in [5, 5.41) is 3.19. The van der Waals surface area contributed by atoms with E-state index in [1.807, 2.05) is 31.0 Å². The first-order valence-corrected chi connectivity index (χ1v) is 6.58. The molecule has 2 heterocycles. The van der Waals surface area contributed by atoms with Crippen LogP contribution in [0.15, 0.2) is 18.2 Å². The standard InChI is InChI=1S/C14H21N3O.2ClH/c1-11-5-3-7-13(16-11)14(18)17-8-4-6-12(10-17)9-15-2;;/h3,5,7,12,15H,4,6,8-10H2,1-2H3;2*1H. The molecule has 1 atom stereocenters. The number of hydrogen-bond donors (Lipinski definition) is 1. The number of carbonyl (C=O) groups excluding carboxylic acids is 1. The van der Waals surface area contributed by atoms with Crippen molar-refractivity contribution in [2.75, 3.05) is 26.7 Å². The molecule has 0 radical (unpaired) electrons. The highest BCUT2D eigenvalue weighted by molar-refractivity contribution is 5.92. The van der Waals surface area contributed by atoms with Crippen LogP contribution in [0.3, 0.4) is 0 Å². The topological polar surface area (TPSA) is 45.2 Å². The van der Waals surface area contributed by atoms with Crippen LogP contribution in [0, 0.1) is 12.8 Å². The molecule has 0 aliphatic carbocycles. The third-order valence-electron chi connectivity index (χ3n) is 3.41. The number of nitrogens with one attached hydrogen (secondary N) is 1. The van der Waals surface area contributed by atoms with E-state index in [0.717, 1.165) is 31.7 Å². The molecule has 1 unspecified atom stereocenters. The molecule has 1 amide bonds. The second-order valence-electron chi connectivity index (χ2n) is 4.98. The average molecular weight is 320 g/mol. The molecule has 6 heteroatoms. The molecule has 4 nitrogen and oxygen atoms in total. The number of pyridine rings is 1. The Labute approximate surface area is 133 Å². The van der Waals surface area contributed by atoms with E-state index in [1.54, 1.807) is 6.07 Å². The SMILES string of the molecule is CNCC1CCCN(C(=O)c2cccc(C)n2)C1.Cl.Cl. The molecule has 0 aromatic carbocycles. The van der Waals surface area contributed by atoms with Gasteiger partial charge in [0, 0.05) is 18.8 Å². The zero-order valence-electron chi connectivity index (χ0n) is 12.0. The molecule has 1 aliphatic rings. The molecule has 1 aliphatic heterocycles. The minimum absolute atomic E-state index is 0. The number of amides is 1. The minimum Gasteiger partial charge on any atom is -0.337 e. The summed E-state index contributed by atoms with van der Waals surface area (Å²) in [7, 11) is 1.96. The lowest BCUT2D eigenvalue weighted by Gasteiger charge is -2.32. The zero-order chi connectivity index (χ0) is 13.0. The maximum atomic E-state index is 12.3. The lowest BCUT2D eigenvalue weighted by atomic mass is 9.98. The van der Waals surface area contributed by atoms with E-state index in [4.69, 9.17) is 0 Å². The van der Waals surface area contributed by atoms with Gasteiger partial charge in [-0.15, -0.1) is 24.8 Å². The van der Waals surface area contributed by atoms with E-state index >= 15 is 0 Å². The van der Waals surface area contributed by atoms with Crippen LogP contribution >= 0.6 is 24.8 Å². The van der Waals surface area contributed by atoms with Gasteiger partial charge in [0.15, 0.2) is 0 Å². The Hall–Kier alpha value is -0.840. The van der Waals surface area contributed by atoms with Crippen molar-refractivity contribution in [3.63, 3.8) is 0 Å². The number of piperidine rings is 1. The van der Waals surface area contributed by atoms with Crippen molar-refractivity contribution < 1.29 is 4.79 Å². The van der Waals surface area contributed by atoms with Gasteiger partial charge in [0.05, 0.1) is 0 Å². The first kappa shape index (κ1) is 19.2. The summed E-state index contributed by atoms with van der Waals surface area (Å²) in [5.74, 6) is 0.636. The number of halogens is 2. The number of hydrogen-bond acceptors (Lipinski definition) is 3. The zero-order valence-corrected chi connectivity index (χ0v) is 13.6. The Kier molecular flexibility index (Phi) is 8.78. The predicted octanol–water partition coefficient (Wildman–Crippen LogP) is 2.31. The summed E-state index contributed by atoms with van der Waals surface area (Å²) in [6.07, 6.45) is 2.29. The van der Waals surface area contributed by atoms with Gasteiger partial charge in [-0.05, 0) is 51.4 Å². The van der Waals surface area contributed by atoms with Crippen LogP contribution in [0.5, 0.6) is 0 Å². The lowest BCUT2D eigenvalue weighted by Crippen LogP contribution is -2.42. The van der Waals surface area contributed by atoms with Crippen molar-refractivity contribution in [3.8, 4) is 0 Å². The van der Waals surface area contributed by atoms with Gasteiger partial charge in [-0.2, -0.15) is 0 Å². The Morgan fingerprint density at radius 3 is 2.85 bits per heavy atom. The van der Waals surface area contributed by atoms with Crippen molar-refractivity contribution in [2.24, 2.45) is 5.92 Å². The van der Waals surface area contributed by atoms with Gasteiger partial charge in [0.1, 0.15) is 5.69 Å². The molecule has 1 aromatic heterocycles. The molecular weight excluding hydrogens is 297 g/mol. The molecule has 0 bridgehead atoms. The fraction of sp³-hybridized carbons (Fsp3) is 0.571. The van der Waals surface area contributed by atoms with Crippen molar-refractivity contribution in [1.29, 1.82) is 0 Å². The predicted molar refractivity (Wildman–Crippen MR) is 86.0 cm³/mol. The third kappa shape index (κ3) is 4.93. The molecule has 114 valence electrons. The number of likely N-dealkylation sites (tertiary alicyclic amines) is 1. The maximum Gasteiger partial charge on any atom is 0.272 e. The van der Waals surface area contributed by atoms with Crippen LogP contribution in [-0.2, 0) is 0 Å². The highest BCUT2D eigenvalue weighted by atomic mass is 35.5.